The quantitative estimate of drug-likeness (QED) is 0.825. The van der Waals surface area contributed by atoms with E-state index in [-0.39, 0.29) is 0 Å². The van der Waals surface area contributed by atoms with Gasteiger partial charge in [-0.2, -0.15) is 5.10 Å². The fourth-order valence-corrected chi connectivity index (χ4v) is 1.85. The summed E-state index contributed by atoms with van der Waals surface area (Å²) in [6.45, 7) is 13.9. The molecule has 15 heavy (non-hydrogen) atoms. The number of aromatic nitrogens is 2. The fraction of sp³-hybridized carbons (Fsp3) is 0.750. The zero-order valence-corrected chi connectivity index (χ0v) is 10.8. The van der Waals surface area contributed by atoms with Crippen LogP contribution in [0.2, 0.25) is 0 Å². The smallest absolute Gasteiger partial charge is 0.0644 e. The van der Waals surface area contributed by atoms with Crippen LogP contribution in [0, 0.1) is 20.8 Å². The first-order valence-electron chi connectivity index (χ1n) is 5.74. The SMILES string of the molecule is CCNC(C)C(C)n1nc(C)c(C)c1C. The van der Waals surface area contributed by atoms with E-state index < -0.39 is 0 Å². The average molecular weight is 209 g/mol. The van der Waals surface area contributed by atoms with Crippen molar-refractivity contribution in [1.82, 2.24) is 15.1 Å². The van der Waals surface area contributed by atoms with Crippen molar-refractivity contribution in [2.24, 2.45) is 0 Å². The van der Waals surface area contributed by atoms with E-state index in [1.165, 1.54) is 11.3 Å². The Labute approximate surface area is 92.9 Å². The molecule has 1 aromatic rings. The van der Waals surface area contributed by atoms with E-state index in [0.29, 0.717) is 12.1 Å². The molecule has 0 radical (unpaired) electrons. The Kier molecular flexibility index (Phi) is 3.91. The fourth-order valence-electron chi connectivity index (χ4n) is 1.85. The highest BCUT2D eigenvalue weighted by Crippen LogP contribution is 2.18. The molecular formula is C12H23N3. The van der Waals surface area contributed by atoms with Crippen LogP contribution in [0.25, 0.3) is 0 Å². The first kappa shape index (κ1) is 12.2. The van der Waals surface area contributed by atoms with Crippen molar-refractivity contribution in [1.29, 1.82) is 0 Å². The Hall–Kier alpha value is -0.830. The third kappa shape index (κ3) is 2.40. The second-order valence-electron chi connectivity index (χ2n) is 4.33. The van der Waals surface area contributed by atoms with Gasteiger partial charge in [0, 0.05) is 11.7 Å². The average Bonchev–Trinajstić information content (AvgIpc) is 2.45. The van der Waals surface area contributed by atoms with Gasteiger partial charge < -0.3 is 5.32 Å². The van der Waals surface area contributed by atoms with E-state index >= 15 is 0 Å². The van der Waals surface area contributed by atoms with Crippen molar-refractivity contribution in [2.45, 2.75) is 53.6 Å². The summed E-state index contributed by atoms with van der Waals surface area (Å²) in [5, 5.41) is 8.03. The van der Waals surface area contributed by atoms with Gasteiger partial charge in [-0.3, -0.25) is 4.68 Å². The largest absolute Gasteiger partial charge is 0.312 e. The molecule has 1 N–H and O–H groups in total. The molecule has 0 aliphatic carbocycles. The molecule has 0 fully saturated rings. The monoisotopic (exact) mass is 209 g/mol. The van der Waals surface area contributed by atoms with Crippen molar-refractivity contribution in [2.75, 3.05) is 6.54 Å². The van der Waals surface area contributed by atoms with E-state index in [1.54, 1.807) is 0 Å². The van der Waals surface area contributed by atoms with Gasteiger partial charge in [-0.05, 0) is 46.7 Å². The second kappa shape index (κ2) is 4.79. The summed E-state index contributed by atoms with van der Waals surface area (Å²) in [5.41, 5.74) is 3.73. The van der Waals surface area contributed by atoms with Gasteiger partial charge in [0.25, 0.3) is 0 Å². The summed E-state index contributed by atoms with van der Waals surface area (Å²) in [6.07, 6.45) is 0. The van der Waals surface area contributed by atoms with Crippen LogP contribution in [0.15, 0.2) is 0 Å². The molecule has 0 amide bonds. The van der Waals surface area contributed by atoms with Crippen LogP contribution in [0.1, 0.15) is 43.8 Å². The maximum absolute atomic E-state index is 4.59. The summed E-state index contributed by atoms with van der Waals surface area (Å²) >= 11 is 0. The van der Waals surface area contributed by atoms with Crippen LogP contribution >= 0.6 is 0 Å². The first-order chi connectivity index (χ1) is 6.99. The van der Waals surface area contributed by atoms with Crippen molar-refractivity contribution >= 4 is 0 Å². The van der Waals surface area contributed by atoms with Gasteiger partial charge in [-0.25, -0.2) is 0 Å². The lowest BCUT2D eigenvalue weighted by molar-refractivity contribution is 0.365. The zero-order chi connectivity index (χ0) is 11.6. The lowest BCUT2D eigenvalue weighted by atomic mass is 10.1. The van der Waals surface area contributed by atoms with Crippen LogP contribution in [0.3, 0.4) is 0 Å². The number of aryl methyl sites for hydroxylation is 1. The molecule has 0 saturated heterocycles. The third-order valence-corrected chi connectivity index (χ3v) is 3.32. The zero-order valence-electron chi connectivity index (χ0n) is 10.8. The minimum absolute atomic E-state index is 0.400. The molecule has 1 aromatic heterocycles. The minimum Gasteiger partial charge on any atom is -0.312 e. The number of nitrogens with one attached hydrogen (secondary N) is 1. The van der Waals surface area contributed by atoms with Crippen LogP contribution in [-0.2, 0) is 0 Å². The van der Waals surface area contributed by atoms with Crippen molar-refractivity contribution in [3.8, 4) is 0 Å². The Bertz CT molecular complexity index is 328. The van der Waals surface area contributed by atoms with Gasteiger partial charge >= 0.3 is 0 Å². The molecule has 0 bridgehead atoms. The van der Waals surface area contributed by atoms with Crippen molar-refractivity contribution in [3.63, 3.8) is 0 Å². The lowest BCUT2D eigenvalue weighted by Crippen LogP contribution is -2.34. The summed E-state index contributed by atoms with van der Waals surface area (Å²) in [4.78, 5) is 0. The normalized spacial score (nSPS) is 15.3. The van der Waals surface area contributed by atoms with Crippen molar-refractivity contribution < 1.29 is 0 Å². The molecule has 0 spiro atoms. The minimum atomic E-state index is 0.400. The molecule has 1 rings (SSSR count). The van der Waals surface area contributed by atoms with Gasteiger partial charge in [0.15, 0.2) is 0 Å². The Morgan fingerprint density at radius 1 is 1.27 bits per heavy atom. The third-order valence-electron chi connectivity index (χ3n) is 3.32. The van der Waals surface area contributed by atoms with Gasteiger partial charge in [-0.1, -0.05) is 6.92 Å². The highest BCUT2D eigenvalue weighted by Gasteiger charge is 2.17. The number of likely N-dealkylation sites (N-methyl/N-ethyl adjacent to an activating group) is 1. The summed E-state index contributed by atoms with van der Waals surface area (Å²) < 4.78 is 2.14. The molecule has 0 aromatic carbocycles. The Balaban J connectivity index is 2.90. The highest BCUT2D eigenvalue weighted by atomic mass is 15.3. The molecule has 0 aliphatic rings. The maximum Gasteiger partial charge on any atom is 0.0644 e. The predicted octanol–water partition coefficient (Wildman–Crippen LogP) is 2.37. The lowest BCUT2D eigenvalue weighted by Gasteiger charge is -2.22. The number of rotatable bonds is 4. The summed E-state index contributed by atoms with van der Waals surface area (Å²) in [5.74, 6) is 0. The second-order valence-corrected chi connectivity index (χ2v) is 4.33. The Morgan fingerprint density at radius 2 is 1.87 bits per heavy atom. The topological polar surface area (TPSA) is 29.9 Å². The van der Waals surface area contributed by atoms with E-state index in [0.717, 1.165) is 12.2 Å². The van der Waals surface area contributed by atoms with E-state index in [2.05, 4.69) is 56.6 Å². The molecule has 0 aliphatic heterocycles. The molecule has 86 valence electrons. The number of hydrogen-bond acceptors (Lipinski definition) is 2. The molecule has 2 atom stereocenters. The van der Waals surface area contributed by atoms with Crippen LogP contribution in [-0.4, -0.2) is 22.4 Å². The van der Waals surface area contributed by atoms with E-state index in [9.17, 15) is 0 Å². The molecular weight excluding hydrogens is 186 g/mol. The van der Waals surface area contributed by atoms with E-state index in [4.69, 9.17) is 0 Å². The summed E-state index contributed by atoms with van der Waals surface area (Å²) in [7, 11) is 0. The van der Waals surface area contributed by atoms with Crippen LogP contribution < -0.4 is 5.32 Å². The van der Waals surface area contributed by atoms with Crippen LogP contribution in [0.5, 0.6) is 0 Å². The highest BCUT2D eigenvalue weighted by molar-refractivity contribution is 5.22. The molecule has 0 saturated carbocycles. The molecule has 2 unspecified atom stereocenters. The number of nitrogens with zero attached hydrogens (tertiary/aromatic N) is 2. The first-order valence-corrected chi connectivity index (χ1v) is 5.74. The van der Waals surface area contributed by atoms with Gasteiger partial charge in [0.2, 0.25) is 0 Å². The maximum atomic E-state index is 4.59. The van der Waals surface area contributed by atoms with Crippen LogP contribution in [0.4, 0.5) is 0 Å². The summed E-state index contributed by atoms with van der Waals surface area (Å²) in [6, 6.07) is 0.852. The Morgan fingerprint density at radius 3 is 2.27 bits per heavy atom. The van der Waals surface area contributed by atoms with Gasteiger partial charge in [0.1, 0.15) is 0 Å². The van der Waals surface area contributed by atoms with Gasteiger partial charge in [-0.15, -0.1) is 0 Å². The van der Waals surface area contributed by atoms with E-state index in [1.807, 2.05) is 0 Å². The van der Waals surface area contributed by atoms with Gasteiger partial charge in [0.05, 0.1) is 11.7 Å². The standard InChI is InChI=1S/C12H23N3/c1-7-13-10(4)12(6)15-11(5)8(2)9(3)14-15/h10,12-13H,7H2,1-6H3. The molecule has 1 heterocycles. The molecule has 3 nitrogen and oxygen atoms in total. The predicted molar refractivity (Wildman–Crippen MR) is 64.3 cm³/mol. The molecule has 3 heteroatoms. The van der Waals surface area contributed by atoms with Crippen molar-refractivity contribution in [3.05, 3.63) is 17.0 Å². The number of hydrogen-bond donors (Lipinski definition) is 1.